The van der Waals surface area contributed by atoms with Gasteiger partial charge in [-0.2, -0.15) is 0 Å². The van der Waals surface area contributed by atoms with E-state index in [0.29, 0.717) is 28.4 Å². The summed E-state index contributed by atoms with van der Waals surface area (Å²) in [7, 11) is 2.95. The number of carbonyl (C=O) groups is 3. The van der Waals surface area contributed by atoms with Gasteiger partial charge in [-0.25, -0.2) is 4.39 Å². The summed E-state index contributed by atoms with van der Waals surface area (Å²) in [5.41, 5.74) is 4.87. The lowest BCUT2D eigenvalue weighted by molar-refractivity contribution is -0.130. The minimum absolute atomic E-state index is 0.0774. The number of ether oxygens (including phenoxy) is 2. The van der Waals surface area contributed by atoms with Crippen molar-refractivity contribution in [2.75, 3.05) is 24.9 Å². The maximum Gasteiger partial charge on any atom is 0.250 e. The van der Waals surface area contributed by atoms with Crippen molar-refractivity contribution >= 4 is 29.1 Å². The molecule has 2 aliphatic rings. The molecule has 2 aromatic carbocycles. The van der Waals surface area contributed by atoms with Crippen LogP contribution in [0.4, 0.5) is 15.8 Å². The Kier molecular flexibility index (Phi) is 5.47. The lowest BCUT2D eigenvalue weighted by atomic mass is 9.79. The van der Waals surface area contributed by atoms with Crippen LogP contribution in [0.5, 0.6) is 11.5 Å². The molecule has 0 radical (unpaired) electrons. The second kappa shape index (κ2) is 8.12. The number of nitrogens with two attached hydrogens (primary N) is 1. The summed E-state index contributed by atoms with van der Waals surface area (Å²) in [6, 6.07) is 8.26. The zero-order valence-electron chi connectivity index (χ0n) is 17.5. The molecule has 1 fully saturated rings. The van der Waals surface area contributed by atoms with Crippen LogP contribution in [0.3, 0.4) is 0 Å². The Morgan fingerprint density at radius 3 is 2.69 bits per heavy atom. The van der Waals surface area contributed by atoms with Crippen molar-refractivity contribution in [2.45, 2.75) is 24.4 Å². The van der Waals surface area contributed by atoms with Crippen LogP contribution in [0.2, 0.25) is 0 Å². The van der Waals surface area contributed by atoms with Gasteiger partial charge < -0.3 is 25.8 Å². The van der Waals surface area contributed by atoms with Gasteiger partial charge in [0.15, 0.2) is 0 Å². The summed E-state index contributed by atoms with van der Waals surface area (Å²) >= 11 is 0. The van der Waals surface area contributed by atoms with E-state index < -0.39 is 41.0 Å². The van der Waals surface area contributed by atoms with Crippen LogP contribution in [-0.4, -0.2) is 38.0 Å². The fraction of sp³-hybridized carbons (Fsp3) is 0.318. The average molecular weight is 442 g/mol. The minimum Gasteiger partial charge on any atom is -0.497 e. The van der Waals surface area contributed by atoms with E-state index in [9.17, 15) is 18.8 Å². The predicted octanol–water partition coefficient (Wildman–Crippen LogP) is 1.48. The molecule has 1 saturated heterocycles. The summed E-state index contributed by atoms with van der Waals surface area (Å²) in [6.45, 7) is 0. The van der Waals surface area contributed by atoms with Gasteiger partial charge in [0, 0.05) is 29.8 Å². The second-order valence-corrected chi connectivity index (χ2v) is 7.81. The predicted molar refractivity (Wildman–Crippen MR) is 114 cm³/mol. The third kappa shape index (κ3) is 3.52. The fourth-order valence-corrected chi connectivity index (χ4v) is 4.54. The summed E-state index contributed by atoms with van der Waals surface area (Å²) in [5.74, 6) is -2.18. The molecule has 168 valence electrons. The molecular formula is C22H23FN4O5. The van der Waals surface area contributed by atoms with Gasteiger partial charge >= 0.3 is 0 Å². The fourth-order valence-electron chi connectivity index (χ4n) is 4.54. The van der Waals surface area contributed by atoms with Crippen LogP contribution in [-0.2, 0) is 19.9 Å². The Hall–Kier alpha value is -3.66. The van der Waals surface area contributed by atoms with Crippen molar-refractivity contribution in [1.29, 1.82) is 0 Å². The highest BCUT2D eigenvalue weighted by Gasteiger charge is 2.60. The molecule has 2 aromatic rings. The minimum atomic E-state index is -1.55. The second-order valence-electron chi connectivity index (χ2n) is 7.81. The molecule has 0 aliphatic carbocycles. The zero-order valence-corrected chi connectivity index (χ0v) is 17.5. The molecule has 0 saturated carbocycles. The van der Waals surface area contributed by atoms with Crippen molar-refractivity contribution in [1.82, 2.24) is 5.32 Å². The van der Waals surface area contributed by atoms with E-state index in [4.69, 9.17) is 15.2 Å². The first-order valence-corrected chi connectivity index (χ1v) is 9.99. The Morgan fingerprint density at radius 1 is 1.22 bits per heavy atom. The third-order valence-electron chi connectivity index (χ3n) is 5.92. The van der Waals surface area contributed by atoms with E-state index in [1.54, 1.807) is 18.2 Å². The maximum absolute atomic E-state index is 14.1. The number of carbonyl (C=O) groups excluding carboxylic acids is 3. The molecule has 9 nitrogen and oxygen atoms in total. The van der Waals surface area contributed by atoms with Crippen LogP contribution >= 0.6 is 0 Å². The van der Waals surface area contributed by atoms with Crippen LogP contribution in [0, 0.1) is 11.7 Å². The van der Waals surface area contributed by atoms with E-state index in [1.807, 2.05) is 0 Å². The van der Waals surface area contributed by atoms with Crippen LogP contribution < -0.4 is 31.2 Å². The molecule has 0 unspecified atom stereocenters. The highest BCUT2D eigenvalue weighted by atomic mass is 19.1. The number of nitrogens with one attached hydrogen (secondary N) is 3. The Balaban J connectivity index is 1.75. The van der Waals surface area contributed by atoms with Gasteiger partial charge in [0.05, 0.1) is 25.8 Å². The zero-order chi connectivity index (χ0) is 23.0. The molecule has 4 rings (SSSR count). The highest BCUT2D eigenvalue weighted by molar-refractivity contribution is 6.11. The topological polar surface area (TPSA) is 132 Å². The molecule has 0 bridgehead atoms. The Labute approximate surface area is 183 Å². The number of hydrogen-bond donors (Lipinski definition) is 4. The smallest absolute Gasteiger partial charge is 0.250 e. The Bertz CT molecular complexity index is 1110. The molecule has 0 aromatic heterocycles. The number of halogens is 1. The number of methoxy groups -OCH3 is 2. The maximum atomic E-state index is 14.1. The highest BCUT2D eigenvalue weighted by Crippen LogP contribution is 2.48. The number of hydrogen-bond acceptors (Lipinski definition) is 6. The number of fused-ring (bicyclic) bond motifs is 2. The molecule has 1 spiro atoms. The van der Waals surface area contributed by atoms with Crippen molar-refractivity contribution < 1.29 is 28.2 Å². The summed E-state index contributed by atoms with van der Waals surface area (Å²) in [5, 5.41) is 8.61. The van der Waals surface area contributed by atoms with Gasteiger partial charge in [-0.05, 0) is 36.8 Å². The van der Waals surface area contributed by atoms with Gasteiger partial charge in [0.2, 0.25) is 17.7 Å². The van der Waals surface area contributed by atoms with Crippen molar-refractivity contribution in [3.63, 3.8) is 0 Å². The first-order chi connectivity index (χ1) is 15.3. The molecule has 32 heavy (non-hydrogen) atoms. The molecule has 2 aliphatic heterocycles. The van der Waals surface area contributed by atoms with Gasteiger partial charge in [-0.15, -0.1) is 0 Å². The Morgan fingerprint density at radius 2 is 2.00 bits per heavy atom. The quantitative estimate of drug-likeness (QED) is 0.536. The number of amides is 3. The lowest BCUT2D eigenvalue weighted by Gasteiger charge is -2.29. The number of benzene rings is 2. The van der Waals surface area contributed by atoms with Crippen molar-refractivity contribution in [2.24, 2.45) is 11.7 Å². The van der Waals surface area contributed by atoms with Crippen LogP contribution in [0.15, 0.2) is 36.4 Å². The molecule has 3 amide bonds. The largest absolute Gasteiger partial charge is 0.497 e. The molecule has 3 atom stereocenters. The summed E-state index contributed by atoms with van der Waals surface area (Å²) in [6.07, 6.45) is 0.0658. The summed E-state index contributed by atoms with van der Waals surface area (Å²) < 4.78 is 24.7. The van der Waals surface area contributed by atoms with Crippen LogP contribution in [0.1, 0.15) is 18.4 Å². The van der Waals surface area contributed by atoms with Crippen molar-refractivity contribution in [3.05, 3.63) is 47.8 Å². The van der Waals surface area contributed by atoms with Gasteiger partial charge in [-0.3, -0.25) is 19.7 Å². The molecule has 10 heteroatoms. The lowest BCUT2D eigenvalue weighted by Crippen LogP contribution is -2.52. The number of anilines is 2. The SMILES string of the molecule is COc1ccc(OC)c(NC(=O)[C@@H]2C[C@@H](CC(N)=O)N[C@@]23C(=O)Nc2ccc(F)cc23)c1. The van der Waals surface area contributed by atoms with E-state index in [1.165, 1.54) is 32.4 Å². The van der Waals surface area contributed by atoms with E-state index in [0.717, 1.165) is 0 Å². The van der Waals surface area contributed by atoms with Gasteiger partial charge in [0.25, 0.3) is 0 Å². The van der Waals surface area contributed by atoms with Gasteiger partial charge in [-0.1, -0.05) is 0 Å². The summed E-state index contributed by atoms with van der Waals surface area (Å²) in [4.78, 5) is 38.2. The standard InChI is InChI=1S/C22H23FN4O5/c1-31-13-4-6-18(32-2)17(10-13)25-20(29)15-8-12(9-19(24)28)27-22(15)14-7-11(23)3-5-16(14)26-21(22)30/h3-7,10,12,15,27H,8-9H2,1-2H3,(H2,24,28)(H,25,29)(H,26,30)/t12-,15-,22+/m0/s1. The first kappa shape index (κ1) is 21.6. The molecule has 5 N–H and O–H groups in total. The van der Waals surface area contributed by atoms with Crippen molar-refractivity contribution in [3.8, 4) is 11.5 Å². The number of rotatable bonds is 6. The van der Waals surface area contributed by atoms with E-state index >= 15 is 0 Å². The van der Waals surface area contributed by atoms with Crippen LogP contribution in [0.25, 0.3) is 0 Å². The normalized spacial score (nSPS) is 23.5. The van der Waals surface area contributed by atoms with E-state index in [2.05, 4.69) is 16.0 Å². The average Bonchev–Trinajstić information content (AvgIpc) is 3.26. The molecule has 2 heterocycles. The number of primary amides is 1. The molecular weight excluding hydrogens is 419 g/mol. The monoisotopic (exact) mass is 442 g/mol. The third-order valence-corrected chi connectivity index (χ3v) is 5.92. The first-order valence-electron chi connectivity index (χ1n) is 9.99. The van der Waals surface area contributed by atoms with E-state index in [-0.39, 0.29) is 12.8 Å². The van der Waals surface area contributed by atoms with Gasteiger partial charge in [0.1, 0.15) is 22.9 Å².